The lowest BCUT2D eigenvalue weighted by Gasteiger charge is -2.22. The van der Waals surface area contributed by atoms with Gasteiger partial charge in [0.1, 0.15) is 5.75 Å². The Hall–Kier alpha value is -1.16. The molecule has 0 aliphatic carbocycles. The zero-order valence-electron chi connectivity index (χ0n) is 10.4. The van der Waals surface area contributed by atoms with Gasteiger partial charge in [0.2, 0.25) is 0 Å². The number of hydrogen-bond acceptors (Lipinski definition) is 2. The summed E-state index contributed by atoms with van der Waals surface area (Å²) in [4.78, 5) is 0. The molecule has 1 rings (SSSR count). The number of benzene rings is 1. The maximum absolute atomic E-state index is 12.1. The topological polar surface area (TPSA) is 21.3 Å². The van der Waals surface area contributed by atoms with E-state index in [-0.39, 0.29) is 11.8 Å². The Morgan fingerprint density at radius 2 is 2.00 bits per heavy atom. The highest BCUT2D eigenvalue weighted by Crippen LogP contribution is 2.25. The molecule has 1 N–H and O–H groups in total. The number of alkyl halides is 2. The summed E-state index contributed by atoms with van der Waals surface area (Å²) in [7, 11) is 0. The summed E-state index contributed by atoms with van der Waals surface area (Å²) in [5.74, 6) is 0.595. The Kier molecular flexibility index (Phi) is 5.35. The van der Waals surface area contributed by atoms with Crippen LogP contribution in [0.15, 0.2) is 24.3 Å². The van der Waals surface area contributed by atoms with E-state index in [0.29, 0.717) is 5.92 Å². The van der Waals surface area contributed by atoms with Gasteiger partial charge < -0.3 is 10.1 Å². The van der Waals surface area contributed by atoms with E-state index in [1.54, 1.807) is 18.2 Å². The molecule has 1 aromatic rings. The standard InChI is InChI=1S/C13H19F2NO/c1-4-16-12(9(2)3)10-6-5-7-11(8-10)17-13(14)15/h5-9,12-13,16H,4H2,1-3H3. The highest BCUT2D eigenvalue weighted by molar-refractivity contribution is 5.30. The van der Waals surface area contributed by atoms with Gasteiger partial charge in [-0.3, -0.25) is 0 Å². The van der Waals surface area contributed by atoms with Crippen molar-refractivity contribution in [1.29, 1.82) is 0 Å². The molecule has 0 bridgehead atoms. The summed E-state index contributed by atoms with van der Waals surface area (Å²) in [6, 6.07) is 7.02. The molecule has 1 unspecified atom stereocenters. The van der Waals surface area contributed by atoms with E-state index >= 15 is 0 Å². The molecule has 0 aliphatic heterocycles. The number of halogens is 2. The fourth-order valence-electron chi connectivity index (χ4n) is 1.84. The fraction of sp³-hybridized carbons (Fsp3) is 0.538. The third-order valence-corrected chi connectivity index (χ3v) is 2.53. The van der Waals surface area contributed by atoms with Gasteiger partial charge in [0, 0.05) is 6.04 Å². The smallest absolute Gasteiger partial charge is 0.387 e. The maximum Gasteiger partial charge on any atom is 0.387 e. The average Bonchev–Trinajstić information content (AvgIpc) is 2.24. The van der Waals surface area contributed by atoms with Crippen molar-refractivity contribution in [3.05, 3.63) is 29.8 Å². The van der Waals surface area contributed by atoms with Crippen LogP contribution in [0.4, 0.5) is 8.78 Å². The summed E-state index contributed by atoms with van der Waals surface area (Å²) in [6.07, 6.45) is 0. The minimum atomic E-state index is -2.78. The molecule has 96 valence electrons. The Labute approximate surface area is 101 Å². The third kappa shape index (κ3) is 4.30. The maximum atomic E-state index is 12.1. The Morgan fingerprint density at radius 3 is 2.53 bits per heavy atom. The van der Waals surface area contributed by atoms with E-state index < -0.39 is 6.61 Å². The predicted molar refractivity (Wildman–Crippen MR) is 64.3 cm³/mol. The second kappa shape index (κ2) is 6.55. The molecule has 0 saturated carbocycles. The van der Waals surface area contributed by atoms with Crippen molar-refractivity contribution in [3.8, 4) is 5.75 Å². The quantitative estimate of drug-likeness (QED) is 0.824. The van der Waals surface area contributed by atoms with E-state index in [1.807, 2.05) is 13.0 Å². The minimum absolute atomic E-state index is 0.154. The number of hydrogen-bond donors (Lipinski definition) is 1. The number of rotatable bonds is 6. The van der Waals surface area contributed by atoms with Crippen LogP contribution in [-0.2, 0) is 0 Å². The van der Waals surface area contributed by atoms with Crippen LogP contribution in [-0.4, -0.2) is 13.2 Å². The van der Waals surface area contributed by atoms with Crippen molar-refractivity contribution in [3.63, 3.8) is 0 Å². The van der Waals surface area contributed by atoms with Crippen LogP contribution in [0.3, 0.4) is 0 Å². The predicted octanol–water partition coefficient (Wildman–Crippen LogP) is 3.59. The molecule has 0 fully saturated rings. The molecule has 2 nitrogen and oxygen atoms in total. The van der Waals surface area contributed by atoms with Gasteiger partial charge in [-0.05, 0) is 30.2 Å². The molecule has 17 heavy (non-hydrogen) atoms. The van der Waals surface area contributed by atoms with Crippen LogP contribution in [0.25, 0.3) is 0 Å². The molecule has 0 amide bonds. The van der Waals surface area contributed by atoms with E-state index in [0.717, 1.165) is 12.1 Å². The van der Waals surface area contributed by atoms with Gasteiger partial charge >= 0.3 is 6.61 Å². The fourth-order valence-corrected chi connectivity index (χ4v) is 1.84. The van der Waals surface area contributed by atoms with Crippen molar-refractivity contribution >= 4 is 0 Å². The molecule has 0 heterocycles. The molecule has 0 aliphatic rings. The first-order valence-corrected chi connectivity index (χ1v) is 5.82. The average molecular weight is 243 g/mol. The van der Waals surface area contributed by atoms with E-state index in [2.05, 4.69) is 23.9 Å². The van der Waals surface area contributed by atoms with E-state index in [4.69, 9.17) is 0 Å². The van der Waals surface area contributed by atoms with Crippen molar-refractivity contribution in [2.75, 3.05) is 6.54 Å². The summed E-state index contributed by atoms with van der Waals surface area (Å²) < 4.78 is 28.6. The molecular formula is C13H19F2NO. The van der Waals surface area contributed by atoms with Crippen molar-refractivity contribution in [2.45, 2.75) is 33.4 Å². The summed E-state index contributed by atoms with van der Waals surface area (Å²) in [6.45, 7) is 4.27. The minimum Gasteiger partial charge on any atom is -0.435 e. The summed E-state index contributed by atoms with van der Waals surface area (Å²) in [5, 5.41) is 3.34. The second-order valence-electron chi connectivity index (χ2n) is 4.23. The highest BCUT2D eigenvalue weighted by atomic mass is 19.3. The molecule has 1 aromatic carbocycles. The van der Waals surface area contributed by atoms with Gasteiger partial charge in [0.25, 0.3) is 0 Å². The van der Waals surface area contributed by atoms with Gasteiger partial charge in [-0.15, -0.1) is 0 Å². The summed E-state index contributed by atoms with van der Waals surface area (Å²) >= 11 is 0. The normalized spacial score (nSPS) is 13.1. The summed E-state index contributed by atoms with van der Waals surface area (Å²) in [5.41, 5.74) is 0.972. The molecule has 4 heteroatoms. The Morgan fingerprint density at radius 1 is 1.29 bits per heavy atom. The van der Waals surface area contributed by atoms with Crippen LogP contribution in [0, 0.1) is 5.92 Å². The van der Waals surface area contributed by atoms with Gasteiger partial charge in [-0.1, -0.05) is 32.9 Å². The first kappa shape index (κ1) is 13.9. The van der Waals surface area contributed by atoms with Crippen LogP contribution in [0.1, 0.15) is 32.4 Å². The molecule has 0 spiro atoms. The van der Waals surface area contributed by atoms with E-state index in [9.17, 15) is 8.78 Å². The van der Waals surface area contributed by atoms with Crippen LogP contribution in [0.5, 0.6) is 5.75 Å². The van der Waals surface area contributed by atoms with Crippen molar-refractivity contribution in [2.24, 2.45) is 5.92 Å². The van der Waals surface area contributed by atoms with Gasteiger partial charge in [0.15, 0.2) is 0 Å². The van der Waals surface area contributed by atoms with Crippen LogP contribution in [0.2, 0.25) is 0 Å². The largest absolute Gasteiger partial charge is 0.435 e. The lowest BCUT2D eigenvalue weighted by Crippen LogP contribution is -2.25. The Balaban J connectivity index is 2.87. The Bertz CT molecular complexity index is 342. The first-order valence-electron chi connectivity index (χ1n) is 5.82. The van der Waals surface area contributed by atoms with Crippen LogP contribution >= 0.6 is 0 Å². The SMILES string of the molecule is CCNC(c1cccc(OC(F)F)c1)C(C)C. The van der Waals surface area contributed by atoms with E-state index in [1.165, 1.54) is 0 Å². The molecule has 0 radical (unpaired) electrons. The molecule has 1 atom stereocenters. The monoisotopic (exact) mass is 243 g/mol. The zero-order valence-corrected chi connectivity index (χ0v) is 10.4. The second-order valence-corrected chi connectivity index (χ2v) is 4.23. The molecule has 0 aromatic heterocycles. The van der Waals surface area contributed by atoms with Crippen LogP contribution < -0.4 is 10.1 Å². The van der Waals surface area contributed by atoms with Gasteiger partial charge in [-0.25, -0.2) is 0 Å². The van der Waals surface area contributed by atoms with Gasteiger partial charge in [0.05, 0.1) is 0 Å². The lowest BCUT2D eigenvalue weighted by atomic mass is 9.96. The van der Waals surface area contributed by atoms with Crippen molar-refractivity contribution in [1.82, 2.24) is 5.32 Å². The van der Waals surface area contributed by atoms with Crippen molar-refractivity contribution < 1.29 is 13.5 Å². The first-order chi connectivity index (χ1) is 8.04. The molecule has 0 saturated heterocycles. The number of ether oxygens (including phenoxy) is 1. The van der Waals surface area contributed by atoms with Gasteiger partial charge in [-0.2, -0.15) is 8.78 Å². The third-order valence-electron chi connectivity index (χ3n) is 2.53. The molecular weight excluding hydrogens is 224 g/mol. The highest BCUT2D eigenvalue weighted by Gasteiger charge is 2.15. The number of nitrogens with one attached hydrogen (secondary N) is 1. The zero-order chi connectivity index (χ0) is 12.8. The lowest BCUT2D eigenvalue weighted by molar-refractivity contribution is -0.0499.